The van der Waals surface area contributed by atoms with Gasteiger partial charge in [0.05, 0.1) is 12.5 Å². The lowest BCUT2D eigenvalue weighted by atomic mass is 10.1. The molecule has 1 heterocycles. The molecule has 31 heavy (non-hydrogen) atoms. The summed E-state index contributed by atoms with van der Waals surface area (Å²) in [4.78, 5) is 0. The van der Waals surface area contributed by atoms with Crippen molar-refractivity contribution in [2.75, 3.05) is 0 Å². The van der Waals surface area contributed by atoms with Crippen molar-refractivity contribution in [2.45, 2.75) is 0 Å². The SMILES string of the molecule is O=P(c1ccccc1)(c1ccccc1)c1ccccc1-c1ccccc1.c1ccoc1. The van der Waals surface area contributed by atoms with Crippen LogP contribution in [0.4, 0.5) is 0 Å². The smallest absolute Gasteiger partial charge is 0.171 e. The van der Waals surface area contributed by atoms with Crippen molar-refractivity contribution in [2.24, 2.45) is 0 Å². The van der Waals surface area contributed by atoms with Crippen LogP contribution in [0, 0.1) is 0 Å². The van der Waals surface area contributed by atoms with E-state index in [-0.39, 0.29) is 0 Å². The Kier molecular flexibility index (Phi) is 6.62. The normalized spacial score (nSPS) is 10.7. The average Bonchev–Trinajstić information content (AvgIpc) is 3.46. The Morgan fingerprint density at radius 1 is 0.484 bits per heavy atom. The molecule has 0 aliphatic rings. The first-order valence-electron chi connectivity index (χ1n) is 10.1. The van der Waals surface area contributed by atoms with E-state index in [1.807, 2.05) is 109 Å². The van der Waals surface area contributed by atoms with Gasteiger partial charge in [0.1, 0.15) is 0 Å². The second-order valence-electron chi connectivity index (χ2n) is 6.96. The Hall–Kier alpha value is -3.61. The summed E-state index contributed by atoms with van der Waals surface area (Å²) in [5.74, 6) is 0. The highest BCUT2D eigenvalue weighted by molar-refractivity contribution is 7.85. The molecule has 5 rings (SSSR count). The van der Waals surface area contributed by atoms with E-state index >= 15 is 0 Å². The molecule has 0 N–H and O–H groups in total. The Bertz CT molecular complexity index is 1170. The second kappa shape index (κ2) is 9.93. The van der Waals surface area contributed by atoms with Gasteiger partial charge in [-0.15, -0.1) is 0 Å². The van der Waals surface area contributed by atoms with Gasteiger partial charge in [-0.05, 0) is 23.3 Å². The van der Waals surface area contributed by atoms with Crippen molar-refractivity contribution < 1.29 is 8.98 Å². The summed E-state index contributed by atoms with van der Waals surface area (Å²) in [5, 5.41) is 2.59. The third-order valence-electron chi connectivity index (χ3n) is 4.99. The molecule has 0 aliphatic heterocycles. The van der Waals surface area contributed by atoms with Crippen LogP contribution >= 0.6 is 7.14 Å². The maximum Gasteiger partial charge on any atom is 0.171 e. The zero-order chi connectivity index (χ0) is 21.4. The lowest BCUT2D eigenvalue weighted by molar-refractivity contribution is 0.567. The van der Waals surface area contributed by atoms with Gasteiger partial charge in [-0.1, -0.05) is 115 Å². The highest BCUT2D eigenvalue weighted by Crippen LogP contribution is 2.45. The van der Waals surface area contributed by atoms with Crippen LogP contribution in [0.2, 0.25) is 0 Å². The molecule has 0 fully saturated rings. The minimum Gasteiger partial charge on any atom is -0.473 e. The number of rotatable bonds is 4. The van der Waals surface area contributed by atoms with Crippen LogP contribution < -0.4 is 15.9 Å². The second-order valence-corrected chi connectivity index (χ2v) is 9.69. The molecule has 1 aromatic heterocycles. The Morgan fingerprint density at radius 2 is 0.935 bits per heavy atom. The van der Waals surface area contributed by atoms with Crippen LogP contribution in [0.1, 0.15) is 0 Å². The van der Waals surface area contributed by atoms with Gasteiger partial charge in [-0.3, -0.25) is 0 Å². The number of benzene rings is 4. The molecule has 0 spiro atoms. The molecule has 0 bridgehead atoms. The molecular formula is C28H23O2P. The van der Waals surface area contributed by atoms with E-state index in [1.165, 1.54) is 0 Å². The monoisotopic (exact) mass is 422 g/mol. The van der Waals surface area contributed by atoms with E-state index in [1.54, 1.807) is 12.5 Å². The quantitative estimate of drug-likeness (QED) is 0.320. The fraction of sp³-hybridized carbons (Fsp3) is 0. The number of hydrogen-bond donors (Lipinski definition) is 0. The largest absolute Gasteiger partial charge is 0.473 e. The Labute approximate surface area is 183 Å². The molecule has 0 amide bonds. The number of furan rings is 1. The Morgan fingerprint density at radius 3 is 1.42 bits per heavy atom. The van der Waals surface area contributed by atoms with E-state index in [0.29, 0.717) is 0 Å². The first-order chi connectivity index (χ1) is 15.3. The van der Waals surface area contributed by atoms with Gasteiger partial charge in [0.25, 0.3) is 0 Å². The third kappa shape index (κ3) is 4.60. The molecule has 0 saturated carbocycles. The summed E-state index contributed by atoms with van der Waals surface area (Å²) in [7, 11) is -2.98. The first-order valence-corrected chi connectivity index (χ1v) is 11.8. The minimum absolute atomic E-state index is 0.856. The van der Waals surface area contributed by atoms with E-state index in [2.05, 4.69) is 22.6 Å². The van der Waals surface area contributed by atoms with E-state index in [9.17, 15) is 4.57 Å². The number of hydrogen-bond acceptors (Lipinski definition) is 2. The zero-order valence-electron chi connectivity index (χ0n) is 17.0. The molecular weight excluding hydrogens is 399 g/mol. The molecule has 152 valence electrons. The maximum absolute atomic E-state index is 14.6. The molecule has 4 aromatic carbocycles. The molecule has 0 atom stereocenters. The van der Waals surface area contributed by atoms with Gasteiger partial charge in [0.2, 0.25) is 0 Å². The van der Waals surface area contributed by atoms with Crippen LogP contribution in [0.25, 0.3) is 11.1 Å². The van der Waals surface area contributed by atoms with E-state index < -0.39 is 7.14 Å². The molecule has 0 radical (unpaired) electrons. The van der Waals surface area contributed by atoms with Gasteiger partial charge in [-0.2, -0.15) is 0 Å². The first kappa shape index (κ1) is 20.7. The van der Waals surface area contributed by atoms with Gasteiger partial charge in [0, 0.05) is 15.9 Å². The lowest BCUT2D eigenvalue weighted by Crippen LogP contribution is -2.26. The highest BCUT2D eigenvalue weighted by atomic mass is 31.2. The van der Waals surface area contributed by atoms with Gasteiger partial charge < -0.3 is 8.98 Å². The molecule has 5 aromatic rings. The van der Waals surface area contributed by atoms with Crippen molar-refractivity contribution in [1.82, 2.24) is 0 Å². The van der Waals surface area contributed by atoms with Gasteiger partial charge in [0.15, 0.2) is 7.14 Å². The van der Waals surface area contributed by atoms with Crippen molar-refractivity contribution in [1.29, 1.82) is 0 Å². The summed E-state index contributed by atoms with van der Waals surface area (Å²) in [6.07, 6.45) is 3.25. The zero-order valence-corrected chi connectivity index (χ0v) is 17.9. The fourth-order valence-corrected chi connectivity index (χ4v) is 6.42. The fourth-order valence-electron chi connectivity index (χ4n) is 3.54. The maximum atomic E-state index is 14.6. The van der Waals surface area contributed by atoms with Crippen molar-refractivity contribution in [3.8, 4) is 11.1 Å². The summed E-state index contributed by atoms with van der Waals surface area (Å²) in [5.41, 5.74) is 2.10. The van der Waals surface area contributed by atoms with Crippen LogP contribution in [-0.2, 0) is 4.57 Å². The van der Waals surface area contributed by atoms with E-state index in [0.717, 1.165) is 27.0 Å². The van der Waals surface area contributed by atoms with Gasteiger partial charge in [-0.25, -0.2) is 0 Å². The van der Waals surface area contributed by atoms with Gasteiger partial charge >= 0.3 is 0 Å². The predicted molar refractivity (Wildman–Crippen MR) is 130 cm³/mol. The van der Waals surface area contributed by atoms with Crippen LogP contribution in [-0.4, -0.2) is 0 Å². The summed E-state index contributed by atoms with van der Waals surface area (Å²) < 4.78 is 19.2. The predicted octanol–water partition coefficient (Wildman–Crippen LogP) is 6.27. The Balaban J connectivity index is 0.000000407. The van der Waals surface area contributed by atoms with Crippen molar-refractivity contribution in [3.63, 3.8) is 0 Å². The van der Waals surface area contributed by atoms with Crippen LogP contribution in [0.3, 0.4) is 0 Å². The molecule has 3 heteroatoms. The summed E-state index contributed by atoms with van der Waals surface area (Å²) in [6, 6.07) is 41.5. The van der Waals surface area contributed by atoms with Crippen LogP contribution in [0.5, 0.6) is 0 Å². The summed E-state index contributed by atoms with van der Waals surface area (Å²) >= 11 is 0. The average molecular weight is 422 g/mol. The topological polar surface area (TPSA) is 30.2 Å². The molecule has 0 aliphatic carbocycles. The highest BCUT2D eigenvalue weighted by Gasteiger charge is 2.31. The standard InChI is InChI=1S/C24H19OP.C4H4O/c25-26(21-14-6-2-7-15-21,22-16-8-3-9-17-22)24-19-11-10-18-23(24)20-12-4-1-5-13-20;1-2-4-5-3-1/h1-19H;1-4H. The van der Waals surface area contributed by atoms with Crippen LogP contribution in [0.15, 0.2) is 144 Å². The lowest BCUT2D eigenvalue weighted by Gasteiger charge is -2.22. The molecule has 0 saturated heterocycles. The molecule has 2 nitrogen and oxygen atoms in total. The minimum atomic E-state index is -2.98. The third-order valence-corrected chi connectivity index (χ3v) is 8.11. The van der Waals surface area contributed by atoms with Crippen molar-refractivity contribution >= 4 is 23.1 Å². The summed E-state index contributed by atoms with van der Waals surface area (Å²) in [6.45, 7) is 0. The molecule has 0 unspecified atom stereocenters. The van der Waals surface area contributed by atoms with E-state index in [4.69, 9.17) is 0 Å². The van der Waals surface area contributed by atoms with Crippen molar-refractivity contribution in [3.05, 3.63) is 140 Å².